The van der Waals surface area contributed by atoms with Gasteiger partial charge < -0.3 is 24.6 Å². The van der Waals surface area contributed by atoms with Crippen LogP contribution in [0.4, 0.5) is 5.69 Å². The smallest absolute Gasteiger partial charge is 0.272 e. The van der Waals surface area contributed by atoms with Crippen molar-refractivity contribution in [1.82, 2.24) is 19.8 Å². The number of fused-ring (bicyclic) bond motifs is 2. The van der Waals surface area contributed by atoms with Crippen LogP contribution in [-0.2, 0) is 19.1 Å². The Morgan fingerprint density at radius 1 is 1.21 bits per heavy atom. The zero-order valence-corrected chi connectivity index (χ0v) is 22.0. The minimum atomic E-state index is -0.769. The van der Waals surface area contributed by atoms with Gasteiger partial charge in [0.25, 0.3) is 17.4 Å². The number of hydrogen-bond donors (Lipinski definition) is 1. The van der Waals surface area contributed by atoms with Gasteiger partial charge in [0.15, 0.2) is 0 Å². The number of carbonyl (C=O) groups is 3. The van der Waals surface area contributed by atoms with Gasteiger partial charge in [-0.3, -0.25) is 23.7 Å². The third-order valence-electron chi connectivity index (χ3n) is 6.35. The molecule has 1 aliphatic heterocycles. The number of nitrogens with zero attached hydrogens (tertiary/aromatic N) is 4. The summed E-state index contributed by atoms with van der Waals surface area (Å²) in [7, 11) is 3.07. The maximum Gasteiger partial charge on any atom is 0.272 e. The summed E-state index contributed by atoms with van der Waals surface area (Å²) in [6.45, 7) is 10.3. The fourth-order valence-electron chi connectivity index (χ4n) is 4.22. The van der Waals surface area contributed by atoms with Gasteiger partial charge in [-0.1, -0.05) is 31.4 Å². The maximum absolute atomic E-state index is 13.4. The number of methoxy groups -OCH3 is 1. The van der Waals surface area contributed by atoms with E-state index >= 15 is 0 Å². The summed E-state index contributed by atoms with van der Waals surface area (Å²) >= 11 is 0. The van der Waals surface area contributed by atoms with E-state index in [1.54, 1.807) is 30.1 Å². The van der Waals surface area contributed by atoms with Gasteiger partial charge >= 0.3 is 0 Å². The highest BCUT2D eigenvalue weighted by molar-refractivity contribution is 6.15. The zero-order valence-electron chi connectivity index (χ0n) is 22.0. The Balaban J connectivity index is 1.61. The third-order valence-corrected chi connectivity index (χ3v) is 6.35. The SMILES string of the molecule is C=C(NC(=O)C(=C)n1cnc2c(-c3ccc4c(c3)OCCN4C(C)=O)cccc2c1=O)C(=O)N(C)CCOC. The van der Waals surface area contributed by atoms with Gasteiger partial charge in [-0.2, -0.15) is 0 Å². The van der Waals surface area contributed by atoms with Gasteiger partial charge in [-0.15, -0.1) is 0 Å². The van der Waals surface area contributed by atoms with Crippen LogP contribution in [0.1, 0.15) is 6.92 Å². The van der Waals surface area contributed by atoms with E-state index in [0.29, 0.717) is 48.8 Å². The Kier molecular flexibility index (Phi) is 7.91. The van der Waals surface area contributed by atoms with Gasteiger partial charge in [-0.25, -0.2) is 4.98 Å². The fraction of sp³-hybridized carbons (Fsp3) is 0.250. The molecule has 0 fully saturated rings. The molecule has 2 aromatic carbocycles. The standard InChI is InChI=1S/C28H29N5O6/c1-17(27(36)31(4)11-13-38-5)30-26(35)18(2)33-16-29-25-21(7-6-8-22(25)28(33)37)20-9-10-23-24(15-20)39-14-12-32(23)19(3)34/h6-10,15-16H,1-2,11-14H2,3-5H3,(H,30,35). The fourth-order valence-corrected chi connectivity index (χ4v) is 4.22. The van der Waals surface area contributed by atoms with E-state index < -0.39 is 17.4 Å². The first-order valence-corrected chi connectivity index (χ1v) is 12.1. The molecule has 11 nitrogen and oxygen atoms in total. The van der Waals surface area contributed by atoms with E-state index in [-0.39, 0.29) is 22.7 Å². The lowest BCUT2D eigenvalue weighted by molar-refractivity contribution is -0.128. The molecule has 2 heterocycles. The number of nitrogens with one attached hydrogen (secondary N) is 1. The molecule has 0 atom stereocenters. The summed E-state index contributed by atoms with van der Waals surface area (Å²) in [6, 6.07) is 10.6. The summed E-state index contributed by atoms with van der Waals surface area (Å²) in [5.41, 5.74) is 1.63. The second-order valence-electron chi connectivity index (χ2n) is 8.92. The molecule has 0 bridgehead atoms. The number of para-hydroxylation sites is 1. The molecule has 1 aliphatic rings. The topological polar surface area (TPSA) is 123 Å². The lowest BCUT2D eigenvalue weighted by atomic mass is 10.0. The molecule has 3 amide bonds. The predicted molar refractivity (Wildman–Crippen MR) is 147 cm³/mol. The molecule has 0 aliphatic carbocycles. The van der Waals surface area contributed by atoms with Crippen LogP contribution in [0.3, 0.4) is 0 Å². The highest BCUT2D eigenvalue weighted by Crippen LogP contribution is 2.37. The molecule has 202 valence electrons. The molecule has 0 saturated heterocycles. The van der Waals surface area contributed by atoms with Crippen molar-refractivity contribution in [2.45, 2.75) is 6.92 Å². The van der Waals surface area contributed by atoms with Crippen molar-refractivity contribution in [2.75, 3.05) is 45.4 Å². The van der Waals surface area contributed by atoms with Crippen molar-refractivity contribution in [1.29, 1.82) is 0 Å². The van der Waals surface area contributed by atoms with Crippen LogP contribution in [0.5, 0.6) is 5.75 Å². The Bertz CT molecular complexity index is 1560. The van der Waals surface area contributed by atoms with E-state index in [4.69, 9.17) is 9.47 Å². The van der Waals surface area contributed by atoms with Gasteiger partial charge in [0.05, 0.1) is 35.4 Å². The molecular weight excluding hydrogens is 502 g/mol. The van der Waals surface area contributed by atoms with Crippen molar-refractivity contribution in [3.8, 4) is 16.9 Å². The van der Waals surface area contributed by atoms with E-state index in [1.807, 2.05) is 18.2 Å². The number of benzene rings is 2. The largest absolute Gasteiger partial charge is 0.490 e. The Morgan fingerprint density at radius 3 is 2.69 bits per heavy atom. The molecule has 0 radical (unpaired) electrons. The molecule has 1 N–H and O–H groups in total. The van der Waals surface area contributed by atoms with Crippen LogP contribution in [0.15, 0.2) is 66.4 Å². The van der Waals surface area contributed by atoms with Gasteiger partial charge in [0, 0.05) is 33.2 Å². The third kappa shape index (κ3) is 5.43. The number of amides is 3. The lowest BCUT2D eigenvalue weighted by Crippen LogP contribution is -2.38. The van der Waals surface area contributed by atoms with Crippen molar-refractivity contribution >= 4 is 40.0 Å². The second-order valence-corrected chi connectivity index (χ2v) is 8.92. The first kappa shape index (κ1) is 27.3. The van der Waals surface area contributed by atoms with Gasteiger partial charge in [-0.05, 0) is 23.8 Å². The van der Waals surface area contributed by atoms with Crippen LogP contribution in [0.25, 0.3) is 27.7 Å². The number of carbonyl (C=O) groups excluding carboxylic acids is 3. The van der Waals surface area contributed by atoms with Gasteiger partial charge in [0.1, 0.15) is 24.4 Å². The van der Waals surface area contributed by atoms with Crippen molar-refractivity contribution < 1.29 is 23.9 Å². The van der Waals surface area contributed by atoms with Crippen LogP contribution in [0.2, 0.25) is 0 Å². The van der Waals surface area contributed by atoms with Crippen molar-refractivity contribution in [3.05, 3.63) is 71.9 Å². The maximum atomic E-state index is 13.4. The number of rotatable bonds is 8. The molecular formula is C28H29N5O6. The predicted octanol–water partition coefficient (Wildman–Crippen LogP) is 2.01. The quantitative estimate of drug-likeness (QED) is 0.441. The Morgan fingerprint density at radius 2 is 1.97 bits per heavy atom. The summed E-state index contributed by atoms with van der Waals surface area (Å²) in [5.74, 6) is -0.779. The summed E-state index contributed by atoms with van der Waals surface area (Å²) in [5, 5.41) is 2.66. The van der Waals surface area contributed by atoms with Crippen LogP contribution in [0, 0.1) is 0 Å². The number of ether oxygens (including phenoxy) is 2. The minimum Gasteiger partial charge on any atom is -0.490 e. The van der Waals surface area contributed by atoms with Crippen LogP contribution in [-0.4, -0.2) is 72.6 Å². The summed E-state index contributed by atoms with van der Waals surface area (Å²) < 4.78 is 11.8. The van der Waals surface area contributed by atoms with Crippen LogP contribution < -0.4 is 20.5 Å². The number of likely N-dealkylation sites (N-methyl/N-ethyl adjacent to an activating group) is 1. The number of anilines is 1. The number of hydrogen-bond acceptors (Lipinski definition) is 7. The highest BCUT2D eigenvalue weighted by Gasteiger charge is 2.23. The average molecular weight is 532 g/mol. The van der Waals surface area contributed by atoms with Gasteiger partial charge in [0.2, 0.25) is 5.91 Å². The normalized spacial score (nSPS) is 12.3. The minimum absolute atomic E-state index is 0.0741. The van der Waals surface area contributed by atoms with Crippen molar-refractivity contribution in [3.63, 3.8) is 0 Å². The monoisotopic (exact) mass is 531 g/mol. The molecule has 0 saturated carbocycles. The lowest BCUT2D eigenvalue weighted by Gasteiger charge is -2.29. The highest BCUT2D eigenvalue weighted by atomic mass is 16.5. The molecule has 0 unspecified atom stereocenters. The van der Waals surface area contributed by atoms with Crippen molar-refractivity contribution in [2.24, 2.45) is 0 Å². The molecule has 3 aromatic rings. The summed E-state index contributed by atoms with van der Waals surface area (Å²) in [6.07, 6.45) is 1.22. The molecule has 39 heavy (non-hydrogen) atoms. The van der Waals surface area contributed by atoms with Crippen LogP contribution >= 0.6 is 0 Å². The Hall–Kier alpha value is -4.77. The first-order chi connectivity index (χ1) is 18.6. The summed E-state index contributed by atoms with van der Waals surface area (Å²) in [4.78, 5) is 58.0. The Labute approximate surface area is 224 Å². The van der Waals surface area contributed by atoms with E-state index in [2.05, 4.69) is 23.5 Å². The van der Waals surface area contributed by atoms with E-state index in [9.17, 15) is 19.2 Å². The zero-order chi connectivity index (χ0) is 28.3. The second kappa shape index (κ2) is 11.3. The molecule has 1 aromatic heterocycles. The average Bonchev–Trinajstić information content (AvgIpc) is 2.94. The number of aromatic nitrogens is 2. The van der Waals surface area contributed by atoms with E-state index in [1.165, 1.54) is 25.3 Å². The molecule has 11 heteroatoms. The molecule has 4 rings (SSSR count). The van der Waals surface area contributed by atoms with E-state index in [0.717, 1.165) is 10.1 Å². The first-order valence-electron chi connectivity index (χ1n) is 12.1. The molecule has 0 spiro atoms.